The Balaban J connectivity index is 3.99. The Morgan fingerprint density at radius 3 is 1.88 bits per heavy atom. The van der Waals surface area contributed by atoms with Gasteiger partial charge in [0.2, 0.25) is 0 Å². The van der Waals surface area contributed by atoms with Crippen molar-refractivity contribution < 1.29 is 29.0 Å². The molecule has 0 heterocycles. The van der Waals surface area contributed by atoms with Crippen molar-refractivity contribution in [3.63, 3.8) is 0 Å². The Bertz CT molecular complexity index is 179. The van der Waals surface area contributed by atoms with Crippen LogP contribution in [-0.2, 0) is 23.9 Å². The van der Waals surface area contributed by atoms with E-state index in [0.717, 1.165) is 5.23 Å². The van der Waals surface area contributed by atoms with Crippen molar-refractivity contribution in [1.82, 2.24) is 5.23 Å². The monoisotopic (exact) mass is 237 g/mol. The lowest BCUT2D eigenvalue weighted by Gasteiger charge is -2.23. The van der Waals surface area contributed by atoms with Crippen LogP contribution in [0.1, 0.15) is 6.92 Å². The van der Waals surface area contributed by atoms with Crippen molar-refractivity contribution in [2.45, 2.75) is 13.0 Å². The molecule has 0 amide bonds. The van der Waals surface area contributed by atoms with Crippen LogP contribution in [0.4, 0.5) is 0 Å². The van der Waals surface area contributed by atoms with Crippen LogP contribution in [0, 0.1) is 0 Å². The second kappa shape index (κ2) is 9.49. The van der Waals surface area contributed by atoms with Gasteiger partial charge in [0.15, 0.2) is 6.04 Å². The van der Waals surface area contributed by atoms with Crippen LogP contribution in [0.3, 0.4) is 0 Å². The molecule has 7 heteroatoms. The lowest BCUT2D eigenvalue weighted by molar-refractivity contribution is -0.384. The number of carboxylic acid groups (broad SMARTS) is 1. The molecule has 0 radical (unpaired) electrons. The molecule has 16 heavy (non-hydrogen) atoms. The van der Waals surface area contributed by atoms with Gasteiger partial charge in [-0.25, -0.2) is 0 Å². The fourth-order valence-electron chi connectivity index (χ4n) is 0.772. The highest BCUT2D eigenvalue weighted by atomic mass is 17.0. The second-order valence-corrected chi connectivity index (χ2v) is 2.95. The highest BCUT2D eigenvalue weighted by molar-refractivity contribution is 5.72. The number of hydrogen-bond donors (Lipinski definition) is 1. The van der Waals surface area contributed by atoms with Crippen molar-refractivity contribution in [3.05, 3.63) is 0 Å². The summed E-state index contributed by atoms with van der Waals surface area (Å²) in [6.07, 6.45) is 0. The summed E-state index contributed by atoms with van der Waals surface area (Å²) >= 11 is 0. The molecule has 1 N–H and O–H groups in total. The number of nitrogens with zero attached hydrogens (tertiary/aromatic N) is 1. The summed E-state index contributed by atoms with van der Waals surface area (Å²) in [5, 5.41) is 9.75. The number of carboxylic acids is 1. The minimum absolute atomic E-state index is 0.223. The number of methoxy groups -OCH3 is 2. The molecule has 96 valence electrons. The summed E-state index contributed by atoms with van der Waals surface area (Å²) in [5.41, 5.74) is 0. The predicted molar refractivity (Wildman–Crippen MR) is 54.6 cm³/mol. The van der Waals surface area contributed by atoms with E-state index in [1.807, 2.05) is 0 Å². The van der Waals surface area contributed by atoms with E-state index in [9.17, 15) is 4.79 Å². The van der Waals surface area contributed by atoms with Crippen molar-refractivity contribution in [1.29, 1.82) is 0 Å². The Kier molecular flexibility index (Phi) is 9.06. The topological polar surface area (TPSA) is 77.5 Å². The summed E-state index contributed by atoms with van der Waals surface area (Å²) in [7, 11) is 3.06. The van der Waals surface area contributed by atoms with Gasteiger partial charge in [0.1, 0.15) is 0 Å². The molecule has 7 nitrogen and oxygen atoms in total. The van der Waals surface area contributed by atoms with Crippen LogP contribution in [0.25, 0.3) is 0 Å². The fourth-order valence-corrected chi connectivity index (χ4v) is 0.772. The molecule has 0 aromatic rings. The Morgan fingerprint density at radius 2 is 1.56 bits per heavy atom. The standard InChI is InChI=1S/C9H19NO6/c1-8(9(11)12)10(15-6-4-13-2)16-7-5-14-3/h8H,4-7H2,1-3H3,(H,11,12)/t8-/m0/s1. The summed E-state index contributed by atoms with van der Waals surface area (Å²) in [5.74, 6) is -1.03. The average molecular weight is 237 g/mol. The zero-order valence-electron chi connectivity index (χ0n) is 9.84. The lowest BCUT2D eigenvalue weighted by atomic mass is 10.4. The number of hydroxylamine groups is 2. The van der Waals surface area contributed by atoms with Gasteiger partial charge in [0.25, 0.3) is 0 Å². The normalized spacial score (nSPS) is 13.0. The van der Waals surface area contributed by atoms with Gasteiger partial charge in [-0.2, -0.15) is 0 Å². The molecule has 1 atom stereocenters. The van der Waals surface area contributed by atoms with Gasteiger partial charge in [-0.05, 0) is 6.92 Å². The van der Waals surface area contributed by atoms with Gasteiger partial charge < -0.3 is 14.6 Å². The molecule has 0 aliphatic carbocycles. The molecule has 0 rings (SSSR count). The van der Waals surface area contributed by atoms with Crippen molar-refractivity contribution in [3.8, 4) is 0 Å². The maximum absolute atomic E-state index is 10.7. The zero-order valence-corrected chi connectivity index (χ0v) is 9.84. The van der Waals surface area contributed by atoms with Crippen LogP contribution < -0.4 is 0 Å². The molecule has 0 aromatic heterocycles. The first-order valence-corrected chi connectivity index (χ1v) is 4.89. The smallest absolute Gasteiger partial charge is 0.325 e. The Hall–Kier alpha value is -0.730. The summed E-state index contributed by atoms with van der Waals surface area (Å²) in [6.45, 7) is 2.62. The van der Waals surface area contributed by atoms with Gasteiger partial charge in [-0.1, -0.05) is 5.23 Å². The Morgan fingerprint density at radius 1 is 1.12 bits per heavy atom. The third kappa shape index (κ3) is 6.70. The van der Waals surface area contributed by atoms with Gasteiger partial charge >= 0.3 is 5.97 Å². The van der Waals surface area contributed by atoms with E-state index >= 15 is 0 Å². The minimum Gasteiger partial charge on any atom is -0.480 e. The molecule has 0 saturated carbocycles. The molecular weight excluding hydrogens is 218 g/mol. The maximum Gasteiger partial charge on any atom is 0.325 e. The van der Waals surface area contributed by atoms with Crippen LogP contribution in [-0.4, -0.2) is 63.0 Å². The summed E-state index contributed by atoms with van der Waals surface area (Å²) in [6, 6.07) is -0.895. The van der Waals surface area contributed by atoms with Gasteiger partial charge in [0.05, 0.1) is 26.4 Å². The van der Waals surface area contributed by atoms with Crippen LogP contribution in [0.5, 0.6) is 0 Å². The fraction of sp³-hybridized carbons (Fsp3) is 0.889. The van der Waals surface area contributed by atoms with E-state index in [4.69, 9.17) is 24.3 Å². The van der Waals surface area contributed by atoms with Crippen molar-refractivity contribution in [2.24, 2.45) is 0 Å². The quantitative estimate of drug-likeness (QED) is 0.420. The second-order valence-electron chi connectivity index (χ2n) is 2.95. The molecule has 0 saturated heterocycles. The number of rotatable bonds is 10. The van der Waals surface area contributed by atoms with Crippen molar-refractivity contribution in [2.75, 3.05) is 40.6 Å². The Labute approximate surface area is 94.7 Å². The van der Waals surface area contributed by atoms with E-state index in [1.165, 1.54) is 21.1 Å². The largest absolute Gasteiger partial charge is 0.480 e. The highest BCUT2D eigenvalue weighted by Gasteiger charge is 2.22. The van der Waals surface area contributed by atoms with E-state index in [2.05, 4.69) is 0 Å². The predicted octanol–water partition coefficient (Wildman–Crippen LogP) is -0.0825. The molecule has 0 fully saturated rings. The maximum atomic E-state index is 10.7. The van der Waals surface area contributed by atoms with Gasteiger partial charge in [-0.15, -0.1) is 0 Å². The molecule has 0 aliphatic rings. The first-order valence-electron chi connectivity index (χ1n) is 4.89. The van der Waals surface area contributed by atoms with Crippen LogP contribution >= 0.6 is 0 Å². The van der Waals surface area contributed by atoms with Gasteiger partial charge in [-0.3, -0.25) is 14.5 Å². The summed E-state index contributed by atoms with van der Waals surface area (Å²) < 4.78 is 9.56. The number of carbonyl (C=O) groups is 1. The number of ether oxygens (including phenoxy) is 2. The molecule has 0 aliphatic heterocycles. The minimum atomic E-state index is -1.03. The van der Waals surface area contributed by atoms with E-state index in [0.29, 0.717) is 13.2 Å². The van der Waals surface area contributed by atoms with E-state index in [1.54, 1.807) is 0 Å². The first-order chi connectivity index (χ1) is 7.63. The molecule has 0 bridgehead atoms. The van der Waals surface area contributed by atoms with E-state index in [-0.39, 0.29) is 13.2 Å². The zero-order chi connectivity index (χ0) is 12.4. The molecule has 0 aromatic carbocycles. The highest BCUT2D eigenvalue weighted by Crippen LogP contribution is 2.02. The lowest BCUT2D eigenvalue weighted by Crippen LogP contribution is -2.40. The van der Waals surface area contributed by atoms with Crippen LogP contribution in [0.2, 0.25) is 0 Å². The molecular formula is C9H19NO6. The number of aliphatic carboxylic acids is 1. The summed E-state index contributed by atoms with van der Waals surface area (Å²) in [4.78, 5) is 20.9. The van der Waals surface area contributed by atoms with E-state index < -0.39 is 12.0 Å². The SMILES string of the molecule is COCCON(OCCOC)[C@@H](C)C(=O)O. The molecule has 0 spiro atoms. The first kappa shape index (κ1) is 15.3. The number of hydrogen-bond acceptors (Lipinski definition) is 6. The molecule has 0 unspecified atom stereocenters. The average Bonchev–Trinajstić information content (AvgIpc) is 2.26. The van der Waals surface area contributed by atoms with Crippen molar-refractivity contribution >= 4 is 5.97 Å². The third-order valence-electron chi connectivity index (χ3n) is 1.69. The van der Waals surface area contributed by atoms with Gasteiger partial charge in [0, 0.05) is 14.2 Å². The third-order valence-corrected chi connectivity index (χ3v) is 1.69. The van der Waals surface area contributed by atoms with Crippen LogP contribution in [0.15, 0.2) is 0 Å².